The fourth-order valence-electron chi connectivity index (χ4n) is 2.01. The summed E-state index contributed by atoms with van der Waals surface area (Å²) in [5.41, 5.74) is 7.18. The molecule has 0 saturated heterocycles. The number of halogens is 2. The summed E-state index contributed by atoms with van der Waals surface area (Å²) in [6.07, 6.45) is 2.26. The number of benzene rings is 1. The van der Waals surface area contributed by atoms with Crippen LogP contribution in [0.3, 0.4) is 0 Å². The van der Waals surface area contributed by atoms with Crippen LogP contribution in [0, 0.1) is 5.82 Å². The molecule has 2 rings (SSSR count). The van der Waals surface area contributed by atoms with Crippen LogP contribution in [0.15, 0.2) is 36.5 Å². The lowest BCUT2D eigenvalue weighted by Crippen LogP contribution is -2.20. The normalized spacial score (nSPS) is 12.4. The van der Waals surface area contributed by atoms with Crippen molar-refractivity contribution in [2.24, 2.45) is 0 Å². The Kier molecular flexibility index (Phi) is 4.35. The summed E-state index contributed by atoms with van der Waals surface area (Å²) >= 11 is 5.81. The number of aromatic nitrogens is 1. The first kappa shape index (κ1) is 13.8. The number of hydrogen-bond acceptors (Lipinski definition) is 3. The van der Waals surface area contributed by atoms with Gasteiger partial charge < -0.3 is 11.1 Å². The molecule has 1 atom stereocenters. The van der Waals surface area contributed by atoms with Gasteiger partial charge in [0, 0.05) is 17.8 Å². The van der Waals surface area contributed by atoms with Crippen LogP contribution in [0.25, 0.3) is 0 Å². The van der Waals surface area contributed by atoms with Gasteiger partial charge in [-0.15, -0.1) is 0 Å². The van der Waals surface area contributed by atoms with Crippen LogP contribution in [0.2, 0.25) is 5.02 Å². The lowest BCUT2D eigenvalue weighted by atomic mass is 9.99. The molecule has 0 aliphatic heterocycles. The molecule has 0 saturated carbocycles. The first-order valence-corrected chi connectivity index (χ1v) is 6.31. The molecule has 0 aliphatic rings. The molecule has 2 aromatic rings. The molecular weight excluding hydrogens is 265 g/mol. The van der Waals surface area contributed by atoms with Gasteiger partial charge in [-0.25, -0.2) is 9.37 Å². The van der Waals surface area contributed by atoms with E-state index in [1.54, 1.807) is 31.4 Å². The molecule has 0 bridgehead atoms. The van der Waals surface area contributed by atoms with Crippen LogP contribution < -0.4 is 11.1 Å². The van der Waals surface area contributed by atoms with Gasteiger partial charge in [-0.2, -0.15) is 0 Å². The maximum absolute atomic E-state index is 14.0. The average Bonchev–Trinajstić information content (AvgIpc) is 2.40. The van der Waals surface area contributed by atoms with Crippen LogP contribution >= 0.6 is 11.6 Å². The van der Waals surface area contributed by atoms with Crippen molar-refractivity contribution in [1.82, 2.24) is 10.3 Å². The van der Waals surface area contributed by atoms with Gasteiger partial charge in [0.25, 0.3) is 0 Å². The second-order valence-electron chi connectivity index (χ2n) is 4.28. The topological polar surface area (TPSA) is 50.9 Å². The molecule has 3 N–H and O–H groups in total. The lowest BCUT2D eigenvalue weighted by molar-refractivity contribution is 0.534. The van der Waals surface area contributed by atoms with E-state index in [1.807, 2.05) is 6.07 Å². The number of nitrogens with one attached hydrogen (secondary N) is 1. The highest BCUT2D eigenvalue weighted by atomic mass is 35.5. The lowest BCUT2D eigenvalue weighted by Gasteiger charge is -2.18. The van der Waals surface area contributed by atoms with Gasteiger partial charge in [0.1, 0.15) is 11.6 Å². The van der Waals surface area contributed by atoms with E-state index in [0.717, 1.165) is 5.56 Å². The van der Waals surface area contributed by atoms with E-state index in [4.69, 9.17) is 17.3 Å². The zero-order valence-electron chi connectivity index (χ0n) is 10.5. The van der Waals surface area contributed by atoms with Crippen LogP contribution in [0.1, 0.15) is 17.2 Å². The maximum atomic E-state index is 14.0. The van der Waals surface area contributed by atoms with Crippen molar-refractivity contribution in [3.63, 3.8) is 0 Å². The second-order valence-corrected chi connectivity index (χ2v) is 4.68. The Balaban J connectivity index is 2.28. The molecule has 0 amide bonds. The number of nitrogen functional groups attached to an aromatic ring is 1. The van der Waals surface area contributed by atoms with Gasteiger partial charge in [0.05, 0.1) is 5.02 Å². The van der Waals surface area contributed by atoms with Crippen molar-refractivity contribution in [1.29, 1.82) is 0 Å². The van der Waals surface area contributed by atoms with E-state index >= 15 is 0 Å². The summed E-state index contributed by atoms with van der Waals surface area (Å²) < 4.78 is 14.0. The number of rotatable bonds is 4. The number of hydrogen-bond donors (Lipinski definition) is 2. The van der Waals surface area contributed by atoms with Gasteiger partial charge in [0.15, 0.2) is 0 Å². The third kappa shape index (κ3) is 3.22. The highest BCUT2D eigenvalue weighted by molar-refractivity contribution is 6.30. The Morgan fingerprint density at radius 3 is 2.89 bits per heavy atom. The van der Waals surface area contributed by atoms with Gasteiger partial charge in [-0.3, -0.25) is 0 Å². The van der Waals surface area contributed by atoms with Crippen molar-refractivity contribution < 1.29 is 4.39 Å². The smallest absolute Gasteiger partial charge is 0.146 e. The Morgan fingerprint density at radius 2 is 2.21 bits per heavy atom. The molecule has 5 heteroatoms. The predicted molar refractivity (Wildman–Crippen MR) is 75.6 cm³/mol. The summed E-state index contributed by atoms with van der Waals surface area (Å²) in [4.78, 5) is 3.94. The molecule has 0 radical (unpaired) electrons. The van der Waals surface area contributed by atoms with Gasteiger partial charge in [-0.05, 0) is 37.2 Å². The predicted octanol–water partition coefficient (Wildman–Crippen LogP) is 2.96. The summed E-state index contributed by atoms with van der Waals surface area (Å²) in [7, 11) is 1.79. The third-order valence-corrected chi connectivity index (χ3v) is 3.28. The molecule has 3 nitrogen and oxygen atoms in total. The second kappa shape index (κ2) is 5.99. The minimum atomic E-state index is -0.384. The SMILES string of the molecule is CNC(Cc1ccnc(N)c1)c1cccc(Cl)c1F. The molecule has 0 spiro atoms. The Hall–Kier alpha value is -1.65. The molecule has 0 fully saturated rings. The highest BCUT2D eigenvalue weighted by Gasteiger charge is 2.16. The summed E-state index contributed by atoms with van der Waals surface area (Å²) in [6, 6.07) is 8.49. The molecule has 1 aromatic heterocycles. The van der Waals surface area contributed by atoms with E-state index < -0.39 is 0 Å². The third-order valence-electron chi connectivity index (χ3n) is 2.99. The number of nitrogens with zero attached hydrogens (tertiary/aromatic N) is 1. The van der Waals surface area contributed by atoms with E-state index in [0.29, 0.717) is 17.8 Å². The number of anilines is 1. The Labute approximate surface area is 116 Å². The average molecular weight is 280 g/mol. The van der Waals surface area contributed by atoms with Crippen molar-refractivity contribution in [3.8, 4) is 0 Å². The number of nitrogens with two attached hydrogens (primary N) is 1. The number of pyridine rings is 1. The Bertz CT molecular complexity index is 574. The van der Waals surface area contributed by atoms with Crippen molar-refractivity contribution in [3.05, 3.63) is 58.5 Å². The molecule has 1 aromatic carbocycles. The zero-order chi connectivity index (χ0) is 13.8. The van der Waals surface area contributed by atoms with E-state index in [-0.39, 0.29) is 16.9 Å². The van der Waals surface area contributed by atoms with Gasteiger partial charge in [-0.1, -0.05) is 23.7 Å². The fourth-order valence-corrected chi connectivity index (χ4v) is 2.20. The quantitative estimate of drug-likeness (QED) is 0.905. The zero-order valence-corrected chi connectivity index (χ0v) is 11.3. The molecular formula is C14H15ClFN3. The van der Waals surface area contributed by atoms with Crippen LogP contribution in [0.5, 0.6) is 0 Å². The standard InChI is InChI=1S/C14H15ClFN3/c1-18-12(7-9-5-6-19-13(17)8-9)10-3-2-4-11(15)14(10)16/h2-6,8,12,18H,7H2,1H3,(H2,17,19). The molecule has 1 heterocycles. The van der Waals surface area contributed by atoms with Crippen LogP contribution in [-0.2, 0) is 6.42 Å². The molecule has 0 aliphatic carbocycles. The summed E-state index contributed by atoms with van der Waals surface area (Å²) in [5.74, 6) is 0.0736. The molecule has 1 unspecified atom stereocenters. The minimum absolute atomic E-state index is 0.131. The first-order valence-electron chi connectivity index (χ1n) is 5.93. The van der Waals surface area contributed by atoms with E-state index in [1.165, 1.54) is 6.07 Å². The molecule has 19 heavy (non-hydrogen) atoms. The van der Waals surface area contributed by atoms with Crippen LogP contribution in [-0.4, -0.2) is 12.0 Å². The van der Waals surface area contributed by atoms with Crippen molar-refractivity contribution in [2.45, 2.75) is 12.5 Å². The van der Waals surface area contributed by atoms with Gasteiger partial charge >= 0.3 is 0 Å². The maximum Gasteiger partial charge on any atom is 0.146 e. The number of likely N-dealkylation sites (N-methyl/N-ethyl adjacent to an activating group) is 1. The van der Waals surface area contributed by atoms with E-state index in [2.05, 4.69) is 10.3 Å². The van der Waals surface area contributed by atoms with Crippen molar-refractivity contribution >= 4 is 17.4 Å². The first-order chi connectivity index (χ1) is 9.11. The minimum Gasteiger partial charge on any atom is -0.384 e. The highest BCUT2D eigenvalue weighted by Crippen LogP contribution is 2.25. The van der Waals surface area contributed by atoms with Gasteiger partial charge in [0.2, 0.25) is 0 Å². The summed E-state index contributed by atoms with van der Waals surface area (Å²) in [5, 5.41) is 3.23. The summed E-state index contributed by atoms with van der Waals surface area (Å²) in [6.45, 7) is 0. The van der Waals surface area contributed by atoms with Crippen molar-refractivity contribution in [2.75, 3.05) is 12.8 Å². The van der Waals surface area contributed by atoms with E-state index in [9.17, 15) is 4.39 Å². The molecule has 100 valence electrons. The van der Waals surface area contributed by atoms with Crippen LogP contribution in [0.4, 0.5) is 10.2 Å². The monoisotopic (exact) mass is 279 g/mol. The largest absolute Gasteiger partial charge is 0.384 e. The Morgan fingerprint density at radius 1 is 1.42 bits per heavy atom. The fraction of sp³-hybridized carbons (Fsp3) is 0.214.